The monoisotopic (exact) mass is 171 g/mol. The van der Waals surface area contributed by atoms with E-state index in [1.54, 1.807) is 12.2 Å². The van der Waals surface area contributed by atoms with Crippen LogP contribution in [0, 0.1) is 0 Å². The summed E-state index contributed by atoms with van der Waals surface area (Å²) in [5, 5.41) is 0. The van der Waals surface area contributed by atoms with Gasteiger partial charge in [-0.1, -0.05) is 13.2 Å². The first-order chi connectivity index (χ1) is 4.84. The number of hydrogen-bond donors (Lipinski definition) is 1. The Morgan fingerprint density at radius 3 is 2.18 bits per heavy atom. The van der Waals surface area contributed by atoms with Gasteiger partial charge in [0.2, 0.25) is 0 Å². The second kappa shape index (κ2) is 3.44. The summed E-state index contributed by atoms with van der Waals surface area (Å²) in [4.78, 5) is 0.476. The molecule has 0 aliphatic rings. The molecule has 0 spiro atoms. The smallest absolute Gasteiger partial charge is 0.0241 e. The van der Waals surface area contributed by atoms with E-state index in [0.717, 1.165) is 0 Å². The van der Waals surface area contributed by atoms with Crippen LogP contribution in [0.5, 0.6) is 0 Å². The van der Waals surface area contributed by atoms with Gasteiger partial charge < -0.3 is 5.73 Å². The predicted molar refractivity (Wildman–Crippen MR) is 52.8 cm³/mol. The standard InChI is InChI=1S/C8H13NOS/c1-7(9)5-6-8(2)11(3,4)10/h5-6H,1-3,9H2,4H3/b6-5-. The second-order valence-electron chi connectivity index (χ2n) is 2.38. The highest BCUT2D eigenvalue weighted by Gasteiger charge is 1.95. The van der Waals surface area contributed by atoms with Crippen LogP contribution >= 0.6 is 0 Å². The quantitative estimate of drug-likeness (QED) is 0.506. The van der Waals surface area contributed by atoms with Crippen molar-refractivity contribution in [2.24, 2.45) is 5.73 Å². The molecule has 0 aromatic rings. The van der Waals surface area contributed by atoms with E-state index < -0.39 is 9.52 Å². The van der Waals surface area contributed by atoms with Crippen LogP contribution in [0.15, 0.2) is 35.9 Å². The summed E-state index contributed by atoms with van der Waals surface area (Å²) >= 11 is 0. The van der Waals surface area contributed by atoms with Gasteiger partial charge in [-0.25, -0.2) is 0 Å². The van der Waals surface area contributed by atoms with Crippen molar-refractivity contribution >= 4 is 15.4 Å². The van der Waals surface area contributed by atoms with Crippen LogP contribution in [-0.4, -0.2) is 16.3 Å². The first-order valence-electron chi connectivity index (χ1n) is 2.97. The molecule has 0 aliphatic heterocycles. The SMILES string of the molecule is C=C(N)/C=C\C(=C)S(=C)(C)=O. The van der Waals surface area contributed by atoms with E-state index in [-0.39, 0.29) is 0 Å². The van der Waals surface area contributed by atoms with Crippen LogP contribution in [0.2, 0.25) is 0 Å². The van der Waals surface area contributed by atoms with Crippen molar-refractivity contribution in [1.29, 1.82) is 0 Å². The van der Waals surface area contributed by atoms with Crippen molar-refractivity contribution in [3.63, 3.8) is 0 Å². The summed E-state index contributed by atoms with van der Waals surface area (Å²) < 4.78 is 11.2. The van der Waals surface area contributed by atoms with Crippen molar-refractivity contribution in [3.8, 4) is 0 Å². The number of rotatable bonds is 3. The third kappa shape index (κ3) is 4.44. The fraction of sp³-hybridized carbons (Fsp3) is 0.125. The van der Waals surface area contributed by atoms with Gasteiger partial charge in [-0.3, -0.25) is 4.21 Å². The largest absolute Gasteiger partial charge is 0.399 e. The van der Waals surface area contributed by atoms with E-state index in [0.29, 0.717) is 10.6 Å². The first kappa shape index (κ1) is 10.0. The summed E-state index contributed by atoms with van der Waals surface area (Å²) in [6.45, 7) is 7.02. The molecule has 0 fully saturated rings. The number of nitrogens with two attached hydrogens (primary N) is 1. The Kier molecular flexibility index (Phi) is 3.14. The van der Waals surface area contributed by atoms with Crippen LogP contribution in [0.1, 0.15) is 0 Å². The number of allylic oxidation sites excluding steroid dienone is 2. The van der Waals surface area contributed by atoms with E-state index in [9.17, 15) is 4.21 Å². The molecule has 0 bridgehead atoms. The van der Waals surface area contributed by atoms with Crippen molar-refractivity contribution in [2.75, 3.05) is 6.26 Å². The molecule has 0 aromatic heterocycles. The molecular formula is C8H13NOS. The van der Waals surface area contributed by atoms with Crippen LogP contribution in [0.4, 0.5) is 0 Å². The van der Waals surface area contributed by atoms with Crippen LogP contribution < -0.4 is 5.73 Å². The Labute approximate surface area is 68.1 Å². The summed E-state index contributed by atoms with van der Waals surface area (Å²) in [5.41, 5.74) is 5.66. The van der Waals surface area contributed by atoms with Crippen molar-refractivity contribution in [3.05, 3.63) is 35.9 Å². The zero-order valence-corrected chi connectivity index (χ0v) is 7.49. The second-order valence-corrected chi connectivity index (χ2v) is 4.91. The molecule has 0 rings (SSSR count). The molecule has 2 N–H and O–H groups in total. The van der Waals surface area contributed by atoms with E-state index in [1.165, 1.54) is 6.26 Å². The van der Waals surface area contributed by atoms with Gasteiger partial charge in [0.25, 0.3) is 0 Å². The van der Waals surface area contributed by atoms with Gasteiger partial charge in [-0.2, -0.15) is 0 Å². The molecule has 1 unspecified atom stereocenters. The molecule has 0 saturated heterocycles. The number of hydrogen-bond acceptors (Lipinski definition) is 2. The zero-order valence-electron chi connectivity index (χ0n) is 6.67. The Bertz CT molecular complexity index is 296. The third-order valence-electron chi connectivity index (χ3n) is 1.04. The molecule has 3 heteroatoms. The van der Waals surface area contributed by atoms with E-state index in [4.69, 9.17) is 5.73 Å². The van der Waals surface area contributed by atoms with Gasteiger partial charge >= 0.3 is 0 Å². The molecular weight excluding hydrogens is 158 g/mol. The summed E-state index contributed by atoms with van der Waals surface area (Å²) in [6, 6.07) is 0. The van der Waals surface area contributed by atoms with Crippen molar-refractivity contribution in [1.82, 2.24) is 0 Å². The van der Waals surface area contributed by atoms with Crippen LogP contribution in [0.25, 0.3) is 0 Å². The molecule has 0 saturated carbocycles. The molecule has 11 heavy (non-hydrogen) atoms. The molecule has 0 amide bonds. The lowest BCUT2D eigenvalue weighted by atomic mass is 10.4. The Hall–Kier alpha value is -0.960. The highest BCUT2D eigenvalue weighted by atomic mass is 32.2. The highest BCUT2D eigenvalue weighted by Crippen LogP contribution is 2.02. The molecule has 0 aliphatic carbocycles. The molecule has 0 aromatic carbocycles. The average molecular weight is 171 g/mol. The topological polar surface area (TPSA) is 43.1 Å². The lowest BCUT2D eigenvalue weighted by Gasteiger charge is -1.99. The summed E-state index contributed by atoms with van der Waals surface area (Å²) in [6.07, 6.45) is 4.65. The first-order valence-corrected chi connectivity index (χ1v) is 5.11. The fourth-order valence-corrected chi connectivity index (χ4v) is 0.700. The lowest BCUT2D eigenvalue weighted by Crippen LogP contribution is -1.97. The zero-order chi connectivity index (χ0) is 9.07. The minimum absolute atomic E-state index is 0.412. The third-order valence-corrected chi connectivity index (χ3v) is 2.28. The minimum atomic E-state index is -2.18. The molecule has 62 valence electrons. The maximum atomic E-state index is 11.2. The van der Waals surface area contributed by atoms with Gasteiger partial charge in [-0.15, -0.1) is 0 Å². The fourth-order valence-electron chi connectivity index (χ4n) is 0.344. The van der Waals surface area contributed by atoms with E-state index >= 15 is 0 Å². The van der Waals surface area contributed by atoms with Gasteiger partial charge in [0.1, 0.15) is 0 Å². The van der Waals surface area contributed by atoms with Crippen LogP contribution in [-0.2, 0) is 9.52 Å². The van der Waals surface area contributed by atoms with E-state index in [1.807, 2.05) is 0 Å². The minimum Gasteiger partial charge on any atom is -0.399 e. The normalized spacial score (nSPS) is 16.1. The van der Waals surface area contributed by atoms with Crippen LogP contribution in [0.3, 0.4) is 0 Å². The highest BCUT2D eigenvalue weighted by molar-refractivity contribution is 8.03. The van der Waals surface area contributed by atoms with Gasteiger partial charge in [0.15, 0.2) is 0 Å². The molecule has 0 heterocycles. The van der Waals surface area contributed by atoms with Gasteiger partial charge in [0.05, 0.1) is 0 Å². The summed E-state index contributed by atoms with van der Waals surface area (Å²) in [7, 11) is -2.18. The van der Waals surface area contributed by atoms with Crippen molar-refractivity contribution < 1.29 is 4.21 Å². The van der Waals surface area contributed by atoms with Crippen molar-refractivity contribution in [2.45, 2.75) is 0 Å². The average Bonchev–Trinajstić information content (AvgIpc) is 1.80. The molecule has 2 nitrogen and oxygen atoms in total. The van der Waals surface area contributed by atoms with E-state index in [2.05, 4.69) is 19.0 Å². The Balaban J connectivity index is 4.46. The van der Waals surface area contributed by atoms with Gasteiger partial charge in [0, 0.05) is 16.9 Å². The molecule has 1 atom stereocenters. The summed E-state index contributed by atoms with van der Waals surface area (Å²) in [5.74, 6) is 3.45. The Morgan fingerprint density at radius 1 is 1.45 bits per heavy atom. The maximum absolute atomic E-state index is 11.2. The Morgan fingerprint density at radius 2 is 1.91 bits per heavy atom. The lowest BCUT2D eigenvalue weighted by molar-refractivity contribution is 0.689. The molecule has 0 radical (unpaired) electrons. The maximum Gasteiger partial charge on any atom is 0.0241 e. The predicted octanol–water partition coefficient (Wildman–Crippen LogP) is 0.875. The van der Waals surface area contributed by atoms with Gasteiger partial charge in [-0.05, 0) is 27.5 Å².